The molecule has 0 fully saturated rings. The highest BCUT2D eigenvalue weighted by molar-refractivity contribution is 5.83. The molecule has 0 spiro atoms. The van der Waals surface area contributed by atoms with E-state index in [1.54, 1.807) is 20.8 Å². The first-order valence-electron chi connectivity index (χ1n) is 4.12. The summed E-state index contributed by atoms with van der Waals surface area (Å²) in [6.07, 6.45) is 0.862. The fourth-order valence-corrected chi connectivity index (χ4v) is 0.512. The number of hydrogen-bond donors (Lipinski definition) is 2. The predicted molar refractivity (Wildman–Crippen MR) is 50.3 cm³/mol. The van der Waals surface area contributed by atoms with Gasteiger partial charge in [-0.25, -0.2) is 9.59 Å². The number of carboxylic acids is 1. The normalized spacial score (nSPS) is 15.4. The average Bonchev–Trinajstić information content (AvgIpc) is 2.00. The van der Waals surface area contributed by atoms with Crippen LogP contribution >= 0.6 is 0 Å². The molecule has 0 rings (SSSR count). The summed E-state index contributed by atoms with van der Waals surface area (Å²) in [6, 6.07) is 0. The Balaban J connectivity index is 4.55. The summed E-state index contributed by atoms with van der Waals surface area (Å²) in [5.41, 5.74) is 0.238. The topological polar surface area (TPSA) is 75.6 Å². The van der Waals surface area contributed by atoms with Gasteiger partial charge >= 0.3 is 5.97 Å². The maximum absolute atomic E-state index is 10.8. The summed E-state index contributed by atoms with van der Waals surface area (Å²) in [7, 11) is 0. The lowest BCUT2D eigenvalue weighted by Gasteiger charge is -2.27. The monoisotopic (exact) mass is 201 g/mol. The number of hydrogen-bond acceptors (Lipinski definition) is 4. The predicted octanol–water partition coefficient (Wildman–Crippen LogP) is 0.537. The Hall–Kier alpha value is -1.16. The van der Waals surface area contributed by atoms with Gasteiger partial charge in [0.15, 0.2) is 5.54 Å². The van der Waals surface area contributed by atoms with E-state index in [1.165, 1.54) is 12.9 Å². The molecule has 0 aromatic heterocycles. The van der Waals surface area contributed by atoms with Crippen LogP contribution in [0, 0.1) is 0 Å². The molecule has 0 aliphatic heterocycles. The van der Waals surface area contributed by atoms with E-state index < -0.39 is 17.1 Å². The SMILES string of the molecule is CC(C)(C)ON[C@@](C)(C=C=O)C(=O)O. The van der Waals surface area contributed by atoms with Crippen molar-refractivity contribution in [2.24, 2.45) is 0 Å². The van der Waals surface area contributed by atoms with E-state index >= 15 is 0 Å². The lowest BCUT2D eigenvalue weighted by atomic mass is 10.1. The zero-order chi connectivity index (χ0) is 11.4. The van der Waals surface area contributed by atoms with E-state index in [-0.39, 0.29) is 0 Å². The van der Waals surface area contributed by atoms with Crippen LogP contribution in [0.15, 0.2) is 6.08 Å². The van der Waals surface area contributed by atoms with Crippen LogP contribution in [-0.2, 0) is 14.4 Å². The minimum atomic E-state index is -1.55. The van der Waals surface area contributed by atoms with Crippen molar-refractivity contribution in [3.05, 3.63) is 6.08 Å². The number of nitrogens with one attached hydrogen (secondary N) is 1. The maximum atomic E-state index is 10.8. The van der Waals surface area contributed by atoms with Crippen LogP contribution in [0.25, 0.3) is 0 Å². The third-order valence-corrected chi connectivity index (χ3v) is 1.36. The van der Waals surface area contributed by atoms with E-state index in [1.807, 2.05) is 0 Å². The second-order valence-corrected chi connectivity index (χ2v) is 4.09. The number of carbonyl (C=O) groups is 1. The van der Waals surface area contributed by atoms with Crippen molar-refractivity contribution in [2.75, 3.05) is 0 Å². The molecule has 0 saturated carbocycles. The third-order valence-electron chi connectivity index (χ3n) is 1.36. The number of hydroxylamine groups is 1. The Labute approximate surface area is 82.7 Å². The van der Waals surface area contributed by atoms with Crippen LogP contribution in [0.4, 0.5) is 0 Å². The van der Waals surface area contributed by atoms with E-state index in [0.717, 1.165) is 6.08 Å². The number of rotatable bonds is 4. The molecule has 5 heteroatoms. The van der Waals surface area contributed by atoms with Gasteiger partial charge in [-0.3, -0.25) is 4.84 Å². The highest BCUT2D eigenvalue weighted by atomic mass is 16.7. The molecule has 14 heavy (non-hydrogen) atoms. The minimum absolute atomic E-state index is 0.534. The molecule has 2 N–H and O–H groups in total. The number of carboxylic acid groups (broad SMARTS) is 1. The Morgan fingerprint density at radius 2 is 1.93 bits per heavy atom. The summed E-state index contributed by atoms with van der Waals surface area (Å²) >= 11 is 0. The van der Waals surface area contributed by atoms with Crippen molar-refractivity contribution in [2.45, 2.75) is 38.8 Å². The van der Waals surface area contributed by atoms with Crippen molar-refractivity contribution < 1.29 is 19.5 Å². The van der Waals surface area contributed by atoms with Gasteiger partial charge in [0.2, 0.25) is 0 Å². The largest absolute Gasteiger partial charge is 0.480 e. The van der Waals surface area contributed by atoms with Gasteiger partial charge in [0.05, 0.1) is 5.60 Å². The average molecular weight is 201 g/mol. The fraction of sp³-hybridized carbons (Fsp3) is 0.667. The lowest BCUT2D eigenvalue weighted by Crippen LogP contribution is -2.50. The quantitative estimate of drug-likeness (QED) is 0.512. The summed E-state index contributed by atoms with van der Waals surface area (Å²) in [6.45, 7) is 6.58. The van der Waals surface area contributed by atoms with Crippen molar-refractivity contribution in [1.82, 2.24) is 5.48 Å². The smallest absolute Gasteiger partial charge is 0.330 e. The van der Waals surface area contributed by atoms with Crippen LogP contribution in [-0.4, -0.2) is 28.2 Å². The molecule has 1 atom stereocenters. The highest BCUT2D eigenvalue weighted by Crippen LogP contribution is 2.10. The standard InChI is InChI=1S/C9H15NO4/c1-8(2,3)14-10-9(4,5-6-11)7(12)13/h5,10H,1-4H3,(H,12,13)/t9-/m0/s1. The van der Waals surface area contributed by atoms with Gasteiger partial charge in [-0.1, -0.05) is 0 Å². The molecule has 0 bridgehead atoms. The van der Waals surface area contributed by atoms with Crippen molar-refractivity contribution in [3.8, 4) is 0 Å². The van der Waals surface area contributed by atoms with Crippen molar-refractivity contribution in [3.63, 3.8) is 0 Å². The van der Waals surface area contributed by atoms with E-state index in [0.29, 0.717) is 0 Å². The number of aliphatic carboxylic acids is 1. The molecule has 0 radical (unpaired) electrons. The lowest BCUT2D eigenvalue weighted by molar-refractivity contribution is -0.156. The van der Waals surface area contributed by atoms with Gasteiger partial charge in [0.1, 0.15) is 5.94 Å². The number of carbonyl (C=O) groups excluding carboxylic acids is 1. The van der Waals surface area contributed by atoms with Gasteiger partial charge < -0.3 is 5.11 Å². The van der Waals surface area contributed by atoms with Gasteiger partial charge in [-0.15, -0.1) is 0 Å². The first kappa shape index (κ1) is 12.8. The van der Waals surface area contributed by atoms with Crippen LogP contribution < -0.4 is 5.48 Å². The molecule has 0 aliphatic carbocycles. The maximum Gasteiger partial charge on any atom is 0.330 e. The summed E-state index contributed by atoms with van der Waals surface area (Å²) < 4.78 is 0. The summed E-state index contributed by atoms with van der Waals surface area (Å²) in [4.78, 5) is 26.0. The zero-order valence-electron chi connectivity index (χ0n) is 8.75. The molecule has 0 aromatic rings. The van der Waals surface area contributed by atoms with E-state index in [2.05, 4.69) is 5.48 Å². The molecular weight excluding hydrogens is 186 g/mol. The Bertz CT molecular complexity index is 258. The zero-order valence-corrected chi connectivity index (χ0v) is 8.75. The molecule has 80 valence electrons. The molecular formula is C9H15NO4. The third kappa shape index (κ3) is 4.18. The van der Waals surface area contributed by atoms with Crippen molar-refractivity contribution in [1.29, 1.82) is 0 Å². The van der Waals surface area contributed by atoms with Gasteiger partial charge in [-0.2, -0.15) is 5.48 Å². The van der Waals surface area contributed by atoms with Crippen LogP contribution in [0.5, 0.6) is 0 Å². The summed E-state index contributed by atoms with van der Waals surface area (Å²) in [5.74, 6) is 0.224. The Kier molecular flexibility index (Phi) is 4.01. The first-order chi connectivity index (χ1) is 6.21. The molecule has 0 aliphatic rings. The second kappa shape index (κ2) is 4.37. The van der Waals surface area contributed by atoms with Crippen LogP contribution in [0.1, 0.15) is 27.7 Å². The van der Waals surface area contributed by atoms with E-state index in [9.17, 15) is 9.59 Å². The minimum Gasteiger partial charge on any atom is -0.480 e. The van der Waals surface area contributed by atoms with Gasteiger partial charge in [0.25, 0.3) is 0 Å². The van der Waals surface area contributed by atoms with Gasteiger partial charge in [-0.05, 0) is 27.7 Å². The molecule has 0 heterocycles. The molecule has 0 unspecified atom stereocenters. The molecule has 0 aromatic carbocycles. The Morgan fingerprint density at radius 3 is 2.21 bits per heavy atom. The molecule has 0 saturated heterocycles. The van der Waals surface area contributed by atoms with E-state index in [4.69, 9.17) is 9.94 Å². The second-order valence-electron chi connectivity index (χ2n) is 4.09. The summed E-state index contributed by atoms with van der Waals surface area (Å²) in [5, 5.41) is 8.81. The Morgan fingerprint density at radius 1 is 1.43 bits per heavy atom. The van der Waals surface area contributed by atoms with Crippen molar-refractivity contribution >= 4 is 11.9 Å². The van der Waals surface area contributed by atoms with Gasteiger partial charge in [0, 0.05) is 6.08 Å². The van der Waals surface area contributed by atoms with Crippen LogP contribution in [0.2, 0.25) is 0 Å². The highest BCUT2D eigenvalue weighted by Gasteiger charge is 2.32. The molecule has 5 nitrogen and oxygen atoms in total. The molecule has 0 amide bonds. The fourth-order valence-electron chi connectivity index (χ4n) is 0.512. The first-order valence-corrected chi connectivity index (χ1v) is 4.12. The van der Waals surface area contributed by atoms with Crippen LogP contribution in [0.3, 0.4) is 0 Å².